The highest BCUT2D eigenvalue weighted by molar-refractivity contribution is 7.99. The highest BCUT2D eigenvalue weighted by atomic mass is 35.5. The molecule has 2 aromatic carbocycles. The van der Waals surface area contributed by atoms with Gasteiger partial charge in [-0.05, 0) is 30.3 Å². The molecule has 92 valence electrons. The van der Waals surface area contributed by atoms with Crippen LogP contribution in [0.3, 0.4) is 0 Å². The standard InChI is InChI=1S/C14H12ClNOS/c1-10(17)16-13-8-7-11(15)9-14(13)18-12-5-3-2-4-6-12/h2-9H,1H3,(H,16,17). The Hall–Kier alpha value is -1.45. The average molecular weight is 278 g/mol. The number of carbonyl (C=O) groups excluding carboxylic acids is 1. The molecule has 0 radical (unpaired) electrons. The Balaban J connectivity index is 2.30. The molecule has 4 heteroatoms. The zero-order valence-electron chi connectivity index (χ0n) is 9.81. The predicted octanol–water partition coefficient (Wildman–Crippen LogP) is 4.45. The van der Waals surface area contributed by atoms with Crippen molar-refractivity contribution in [1.29, 1.82) is 0 Å². The zero-order chi connectivity index (χ0) is 13.0. The Morgan fingerprint density at radius 1 is 1.17 bits per heavy atom. The number of rotatable bonds is 3. The first-order valence-corrected chi connectivity index (χ1v) is 6.64. The summed E-state index contributed by atoms with van der Waals surface area (Å²) in [6, 6.07) is 15.4. The third kappa shape index (κ3) is 3.52. The highest BCUT2D eigenvalue weighted by Crippen LogP contribution is 2.35. The molecule has 0 aromatic heterocycles. The molecular weight excluding hydrogens is 266 g/mol. The van der Waals surface area contributed by atoms with Gasteiger partial charge in [-0.2, -0.15) is 0 Å². The van der Waals surface area contributed by atoms with Gasteiger partial charge in [-0.15, -0.1) is 0 Å². The van der Waals surface area contributed by atoms with Crippen molar-refractivity contribution in [1.82, 2.24) is 0 Å². The van der Waals surface area contributed by atoms with Crippen molar-refractivity contribution in [3.05, 3.63) is 53.6 Å². The Morgan fingerprint density at radius 3 is 2.56 bits per heavy atom. The van der Waals surface area contributed by atoms with E-state index in [4.69, 9.17) is 11.6 Å². The van der Waals surface area contributed by atoms with Gasteiger partial charge in [0.1, 0.15) is 0 Å². The minimum absolute atomic E-state index is 0.0905. The van der Waals surface area contributed by atoms with Gasteiger partial charge in [-0.25, -0.2) is 0 Å². The third-order valence-electron chi connectivity index (χ3n) is 2.23. The van der Waals surface area contributed by atoms with Gasteiger partial charge in [0.2, 0.25) is 5.91 Å². The Morgan fingerprint density at radius 2 is 1.89 bits per heavy atom. The second-order valence-electron chi connectivity index (χ2n) is 3.74. The first kappa shape index (κ1) is 13.0. The van der Waals surface area contributed by atoms with Crippen LogP contribution < -0.4 is 5.32 Å². The Kier molecular flexibility index (Phi) is 4.28. The summed E-state index contributed by atoms with van der Waals surface area (Å²) < 4.78 is 0. The second kappa shape index (κ2) is 5.94. The largest absolute Gasteiger partial charge is 0.325 e. The lowest BCUT2D eigenvalue weighted by molar-refractivity contribution is -0.114. The molecule has 0 aliphatic carbocycles. The van der Waals surface area contributed by atoms with E-state index in [1.165, 1.54) is 6.92 Å². The number of hydrogen-bond donors (Lipinski definition) is 1. The summed E-state index contributed by atoms with van der Waals surface area (Å²) in [6.07, 6.45) is 0. The van der Waals surface area contributed by atoms with E-state index in [-0.39, 0.29) is 5.91 Å². The van der Waals surface area contributed by atoms with Crippen LogP contribution in [0.15, 0.2) is 58.3 Å². The Bertz CT molecular complexity index is 557. The van der Waals surface area contributed by atoms with E-state index in [1.807, 2.05) is 42.5 Å². The maximum absolute atomic E-state index is 11.1. The van der Waals surface area contributed by atoms with Gasteiger partial charge in [0.05, 0.1) is 5.69 Å². The lowest BCUT2D eigenvalue weighted by atomic mass is 10.3. The van der Waals surface area contributed by atoms with Crippen LogP contribution in [0.1, 0.15) is 6.92 Å². The van der Waals surface area contributed by atoms with Crippen LogP contribution in [-0.2, 0) is 4.79 Å². The smallest absolute Gasteiger partial charge is 0.221 e. The molecule has 0 spiro atoms. The maximum Gasteiger partial charge on any atom is 0.221 e. The average Bonchev–Trinajstić information content (AvgIpc) is 2.33. The van der Waals surface area contributed by atoms with Crippen LogP contribution in [0.4, 0.5) is 5.69 Å². The van der Waals surface area contributed by atoms with Crippen molar-refractivity contribution in [2.75, 3.05) is 5.32 Å². The number of halogens is 1. The summed E-state index contributed by atoms with van der Waals surface area (Å²) in [4.78, 5) is 13.2. The molecule has 2 nitrogen and oxygen atoms in total. The van der Waals surface area contributed by atoms with Gasteiger partial charge >= 0.3 is 0 Å². The lowest BCUT2D eigenvalue weighted by Crippen LogP contribution is -2.06. The van der Waals surface area contributed by atoms with E-state index in [9.17, 15) is 4.79 Å². The summed E-state index contributed by atoms with van der Waals surface area (Å²) in [5.74, 6) is -0.0905. The molecule has 2 aromatic rings. The molecule has 0 unspecified atom stereocenters. The van der Waals surface area contributed by atoms with Gasteiger partial charge in [-0.1, -0.05) is 41.6 Å². The molecule has 0 heterocycles. The molecule has 0 atom stereocenters. The number of carbonyl (C=O) groups is 1. The fourth-order valence-corrected chi connectivity index (χ4v) is 2.69. The van der Waals surface area contributed by atoms with E-state index in [2.05, 4.69) is 5.32 Å². The second-order valence-corrected chi connectivity index (χ2v) is 5.29. The van der Waals surface area contributed by atoms with Gasteiger partial charge in [0, 0.05) is 21.7 Å². The van der Waals surface area contributed by atoms with Crippen molar-refractivity contribution >= 4 is 35.0 Å². The molecule has 2 rings (SSSR count). The topological polar surface area (TPSA) is 29.1 Å². The molecular formula is C14H12ClNOS. The van der Waals surface area contributed by atoms with Crippen molar-refractivity contribution in [3.63, 3.8) is 0 Å². The van der Waals surface area contributed by atoms with Gasteiger partial charge in [-0.3, -0.25) is 4.79 Å². The van der Waals surface area contributed by atoms with Crippen molar-refractivity contribution < 1.29 is 4.79 Å². The third-order valence-corrected chi connectivity index (χ3v) is 3.53. The predicted molar refractivity (Wildman–Crippen MR) is 76.3 cm³/mol. The zero-order valence-corrected chi connectivity index (χ0v) is 11.4. The van der Waals surface area contributed by atoms with Crippen LogP contribution in [0, 0.1) is 0 Å². The van der Waals surface area contributed by atoms with Gasteiger partial charge in [0.25, 0.3) is 0 Å². The van der Waals surface area contributed by atoms with E-state index in [1.54, 1.807) is 17.8 Å². The monoisotopic (exact) mass is 277 g/mol. The summed E-state index contributed by atoms with van der Waals surface area (Å²) in [7, 11) is 0. The van der Waals surface area contributed by atoms with Crippen LogP contribution in [0.25, 0.3) is 0 Å². The van der Waals surface area contributed by atoms with E-state index < -0.39 is 0 Å². The Labute approximate surface area is 115 Å². The molecule has 0 saturated carbocycles. The summed E-state index contributed by atoms with van der Waals surface area (Å²) in [5, 5.41) is 3.46. The number of anilines is 1. The van der Waals surface area contributed by atoms with Crippen LogP contribution in [0.2, 0.25) is 5.02 Å². The number of benzene rings is 2. The van der Waals surface area contributed by atoms with Crippen LogP contribution in [-0.4, -0.2) is 5.91 Å². The fourth-order valence-electron chi connectivity index (χ4n) is 1.49. The minimum Gasteiger partial charge on any atom is -0.325 e. The molecule has 0 bridgehead atoms. The molecule has 0 aliphatic rings. The van der Waals surface area contributed by atoms with Crippen LogP contribution >= 0.6 is 23.4 Å². The summed E-state index contributed by atoms with van der Waals surface area (Å²) in [6.45, 7) is 1.49. The molecule has 0 fully saturated rings. The van der Waals surface area contributed by atoms with Crippen molar-refractivity contribution in [3.8, 4) is 0 Å². The highest BCUT2D eigenvalue weighted by Gasteiger charge is 2.06. The molecule has 0 aliphatic heterocycles. The molecule has 18 heavy (non-hydrogen) atoms. The first-order chi connectivity index (χ1) is 8.65. The first-order valence-electron chi connectivity index (χ1n) is 5.45. The SMILES string of the molecule is CC(=O)Nc1ccc(Cl)cc1Sc1ccccc1. The van der Waals surface area contributed by atoms with Gasteiger partial charge in [0.15, 0.2) is 0 Å². The van der Waals surface area contributed by atoms with E-state index >= 15 is 0 Å². The van der Waals surface area contributed by atoms with E-state index in [0.717, 1.165) is 15.5 Å². The molecule has 0 saturated heterocycles. The number of amides is 1. The quantitative estimate of drug-likeness (QED) is 0.898. The minimum atomic E-state index is -0.0905. The summed E-state index contributed by atoms with van der Waals surface area (Å²) in [5.41, 5.74) is 0.778. The normalized spacial score (nSPS) is 10.1. The van der Waals surface area contributed by atoms with Crippen LogP contribution in [0.5, 0.6) is 0 Å². The molecule has 1 N–H and O–H groups in total. The summed E-state index contributed by atoms with van der Waals surface area (Å²) >= 11 is 7.56. The van der Waals surface area contributed by atoms with Crippen molar-refractivity contribution in [2.45, 2.75) is 16.7 Å². The fraction of sp³-hybridized carbons (Fsp3) is 0.0714. The van der Waals surface area contributed by atoms with E-state index in [0.29, 0.717) is 5.02 Å². The molecule has 1 amide bonds. The van der Waals surface area contributed by atoms with Gasteiger partial charge < -0.3 is 5.32 Å². The maximum atomic E-state index is 11.1. The number of nitrogens with one attached hydrogen (secondary N) is 1. The lowest BCUT2D eigenvalue weighted by Gasteiger charge is -2.10. The van der Waals surface area contributed by atoms with Crippen molar-refractivity contribution in [2.24, 2.45) is 0 Å². The number of hydrogen-bond acceptors (Lipinski definition) is 2.